The molecule has 2 N–H and O–H groups in total. The summed E-state index contributed by atoms with van der Waals surface area (Å²) >= 11 is 0. The molecule has 30 heavy (non-hydrogen) atoms. The van der Waals surface area contributed by atoms with Gasteiger partial charge in [0.1, 0.15) is 11.4 Å². The maximum absolute atomic E-state index is 14.4. The molecule has 0 heterocycles. The van der Waals surface area contributed by atoms with Gasteiger partial charge in [-0.05, 0) is 57.5 Å². The Morgan fingerprint density at radius 3 is 2.40 bits per heavy atom. The number of ether oxygens (including phenoxy) is 2. The first-order valence-corrected chi connectivity index (χ1v) is 9.40. The number of hydrogen-bond donors (Lipinski definition) is 2. The molecule has 2 aromatic carbocycles. The van der Waals surface area contributed by atoms with Gasteiger partial charge in [0.2, 0.25) is 0 Å². The zero-order valence-electron chi connectivity index (χ0n) is 17.6. The summed E-state index contributed by atoms with van der Waals surface area (Å²) in [6, 6.07) is 7.86. The van der Waals surface area contributed by atoms with Crippen molar-refractivity contribution in [2.24, 2.45) is 0 Å². The van der Waals surface area contributed by atoms with Gasteiger partial charge in [-0.25, -0.2) is 13.6 Å². The molecule has 0 spiro atoms. The molecule has 0 aromatic heterocycles. The van der Waals surface area contributed by atoms with Gasteiger partial charge in [0, 0.05) is 17.7 Å². The molecule has 0 aliphatic heterocycles. The van der Waals surface area contributed by atoms with Crippen LogP contribution >= 0.6 is 0 Å². The molecular formula is C22H26F2N2O4. The van der Waals surface area contributed by atoms with Crippen molar-refractivity contribution >= 4 is 12.0 Å². The Bertz CT molecular complexity index is 926. The second-order valence-corrected chi connectivity index (χ2v) is 7.71. The van der Waals surface area contributed by atoms with Crippen LogP contribution in [0.2, 0.25) is 0 Å². The summed E-state index contributed by atoms with van der Waals surface area (Å²) in [5.74, 6) is -1.65. The minimum atomic E-state index is -0.723. The van der Waals surface area contributed by atoms with Crippen LogP contribution in [0.15, 0.2) is 36.4 Å². The van der Waals surface area contributed by atoms with Crippen LogP contribution < -0.4 is 15.4 Å². The van der Waals surface area contributed by atoms with E-state index in [-0.39, 0.29) is 23.4 Å². The Labute approximate surface area is 174 Å². The van der Waals surface area contributed by atoms with Gasteiger partial charge in [0.05, 0.1) is 13.2 Å². The molecule has 0 aliphatic carbocycles. The largest absolute Gasteiger partial charge is 0.494 e. The topological polar surface area (TPSA) is 76.7 Å². The van der Waals surface area contributed by atoms with E-state index in [1.54, 1.807) is 33.8 Å². The molecule has 1 atom stereocenters. The van der Waals surface area contributed by atoms with E-state index in [9.17, 15) is 18.4 Å². The summed E-state index contributed by atoms with van der Waals surface area (Å²) in [6.45, 7) is 6.57. The van der Waals surface area contributed by atoms with Crippen molar-refractivity contribution in [3.8, 4) is 5.75 Å². The number of methoxy groups -OCH3 is 1. The van der Waals surface area contributed by atoms with Crippen molar-refractivity contribution in [3.63, 3.8) is 0 Å². The quantitative estimate of drug-likeness (QED) is 0.722. The smallest absolute Gasteiger partial charge is 0.407 e. The molecule has 162 valence electrons. The number of rotatable bonds is 6. The zero-order chi connectivity index (χ0) is 22.5. The predicted octanol–water partition coefficient (Wildman–Crippen LogP) is 4.49. The average Bonchev–Trinajstić information content (AvgIpc) is 2.65. The molecule has 0 radical (unpaired) electrons. The van der Waals surface area contributed by atoms with Gasteiger partial charge >= 0.3 is 6.09 Å². The normalized spacial score (nSPS) is 12.1. The highest BCUT2D eigenvalue weighted by Gasteiger charge is 2.20. The van der Waals surface area contributed by atoms with Crippen molar-refractivity contribution in [3.05, 3.63) is 64.7 Å². The highest BCUT2D eigenvalue weighted by Crippen LogP contribution is 2.22. The highest BCUT2D eigenvalue weighted by molar-refractivity contribution is 5.96. The molecule has 2 amide bonds. The lowest BCUT2D eigenvalue weighted by Crippen LogP contribution is -2.33. The summed E-state index contributed by atoms with van der Waals surface area (Å²) in [5.41, 5.74) is -0.102. The van der Waals surface area contributed by atoms with Crippen LogP contribution in [0.3, 0.4) is 0 Å². The first kappa shape index (κ1) is 23.1. The third-order valence-corrected chi connectivity index (χ3v) is 4.20. The van der Waals surface area contributed by atoms with E-state index in [4.69, 9.17) is 9.47 Å². The minimum absolute atomic E-state index is 0.0222. The minimum Gasteiger partial charge on any atom is -0.494 e. The number of halogens is 2. The van der Waals surface area contributed by atoms with E-state index in [1.807, 2.05) is 0 Å². The van der Waals surface area contributed by atoms with Gasteiger partial charge in [0.15, 0.2) is 11.6 Å². The number of nitrogens with one attached hydrogen (secondary N) is 2. The zero-order valence-corrected chi connectivity index (χ0v) is 17.6. The number of hydrogen-bond acceptors (Lipinski definition) is 4. The van der Waals surface area contributed by atoms with E-state index in [2.05, 4.69) is 10.6 Å². The number of alkyl carbamates (subject to hydrolysis) is 1. The summed E-state index contributed by atoms with van der Waals surface area (Å²) in [5, 5.41) is 5.17. The van der Waals surface area contributed by atoms with Crippen LogP contribution in [0.1, 0.15) is 55.2 Å². The van der Waals surface area contributed by atoms with E-state index in [0.717, 1.165) is 0 Å². The van der Waals surface area contributed by atoms with Gasteiger partial charge in [0.25, 0.3) is 5.91 Å². The highest BCUT2D eigenvalue weighted by atomic mass is 19.1. The Morgan fingerprint density at radius 1 is 1.10 bits per heavy atom. The Hall–Kier alpha value is -3.16. The summed E-state index contributed by atoms with van der Waals surface area (Å²) < 4.78 is 38.3. The fourth-order valence-corrected chi connectivity index (χ4v) is 2.74. The van der Waals surface area contributed by atoms with Crippen molar-refractivity contribution in [2.75, 3.05) is 7.11 Å². The second kappa shape index (κ2) is 9.56. The first-order chi connectivity index (χ1) is 14.0. The van der Waals surface area contributed by atoms with Gasteiger partial charge in [-0.1, -0.05) is 12.1 Å². The Balaban J connectivity index is 2.14. The number of amides is 2. The van der Waals surface area contributed by atoms with E-state index >= 15 is 0 Å². The predicted molar refractivity (Wildman–Crippen MR) is 108 cm³/mol. The molecular weight excluding hydrogens is 394 g/mol. The standard InChI is InChI=1S/C22H26F2N2O4/c1-13(14-9-10-19(29-5)18(24)11-14)26-20(27)15-7-6-8-17(23)16(15)12-25-21(28)30-22(2,3)4/h6-11,13H,12H2,1-5H3,(H,25,28)(H,26,27). The average molecular weight is 420 g/mol. The molecule has 0 saturated heterocycles. The van der Waals surface area contributed by atoms with Gasteiger partial charge < -0.3 is 20.1 Å². The van der Waals surface area contributed by atoms with Crippen LogP contribution in [-0.2, 0) is 11.3 Å². The molecule has 0 saturated carbocycles. The van der Waals surface area contributed by atoms with Crippen LogP contribution in [0, 0.1) is 11.6 Å². The molecule has 0 fully saturated rings. The van der Waals surface area contributed by atoms with E-state index < -0.39 is 35.3 Å². The molecule has 2 aromatic rings. The van der Waals surface area contributed by atoms with Crippen LogP contribution in [-0.4, -0.2) is 24.7 Å². The fraction of sp³-hybridized carbons (Fsp3) is 0.364. The maximum Gasteiger partial charge on any atom is 0.407 e. The van der Waals surface area contributed by atoms with Gasteiger partial charge in [-0.2, -0.15) is 0 Å². The van der Waals surface area contributed by atoms with Crippen molar-refractivity contribution < 1.29 is 27.8 Å². The Morgan fingerprint density at radius 2 is 1.80 bits per heavy atom. The Kier molecular flexibility index (Phi) is 7.37. The molecule has 6 nitrogen and oxygen atoms in total. The first-order valence-electron chi connectivity index (χ1n) is 9.40. The fourth-order valence-electron chi connectivity index (χ4n) is 2.74. The number of carbonyl (C=O) groups excluding carboxylic acids is 2. The number of carbonyl (C=O) groups is 2. The SMILES string of the molecule is COc1ccc(C(C)NC(=O)c2cccc(F)c2CNC(=O)OC(C)(C)C)cc1F. The maximum atomic E-state index is 14.4. The molecule has 8 heteroatoms. The lowest BCUT2D eigenvalue weighted by atomic mass is 10.0. The van der Waals surface area contributed by atoms with E-state index in [1.165, 1.54) is 37.4 Å². The monoisotopic (exact) mass is 420 g/mol. The van der Waals surface area contributed by atoms with Crippen LogP contribution in [0.5, 0.6) is 5.75 Å². The van der Waals surface area contributed by atoms with Gasteiger partial charge in [-0.15, -0.1) is 0 Å². The lowest BCUT2D eigenvalue weighted by molar-refractivity contribution is 0.0522. The summed E-state index contributed by atoms with van der Waals surface area (Å²) in [7, 11) is 1.36. The summed E-state index contributed by atoms with van der Waals surface area (Å²) in [4.78, 5) is 24.6. The van der Waals surface area contributed by atoms with E-state index in [0.29, 0.717) is 5.56 Å². The second-order valence-electron chi connectivity index (χ2n) is 7.71. The third-order valence-electron chi connectivity index (χ3n) is 4.20. The molecule has 1 unspecified atom stereocenters. The van der Waals surface area contributed by atoms with Gasteiger partial charge in [-0.3, -0.25) is 4.79 Å². The van der Waals surface area contributed by atoms with Crippen LogP contribution in [0.4, 0.5) is 13.6 Å². The number of benzene rings is 2. The molecule has 0 aliphatic rings. The van der Waals surface area contributed by atoms with Crippen molar-refractivity contribution in [1.29, 1.82) is 0 Å². The third kappa shape index (κ3) is 6.17. The van der Waals surface area contributed by atoms with Crippen molar-refractivity contribution in [2.45, 2.75) is 45.9 Å². The van der Waals surface area contributed by atoms with Crippen LogP contribution in [0.25, 0.3) is 0 Å². The lowest BCUT2D eigenvalue weighted by Gasteiger charge is -2.20. The summed E-state index contributed by atoms with van der Waals surface area (Å²) in [6.07, 6.45) is -0.723. The molecule has 2 rings (SSSR count). The molecule has 0 bridgehead atoms. The van der Waals surface area contributed by atoms with Crippen molar-refractivity contribution in [1.82, 2.24) is 10.6 Å².